The fourth-order valence-corrected chi connectivity index (χ4v) is 0.413. The molecule has 0 atom stereocenters. The molecule has 0 heterocycles. The molecule has 0 aliphatic rings. The Kier molecular flexibility index (Phi) is 4.20. The molecule has 0 aromatic carbocycles. The third-order valence-corrected chi connectivity index (χ3v) is 0.808. The number of carbonyl (C=O) groups excluding carboxylic acids is 1. The van der Waals surface area contributed by atoms with Crippen LogP contribution in [0.4, 0.5) is 0 Å². The quantitative estimate of drug-likeness (QED) is 0.213. The molecule has 0 spiro atoms. The number of carbonyl (C=O) groups is 2. The van der Waals surface area contributed by atoms with Crippen LogP contribution in [0.15, 0.2) is 5.10 Å². The van der Waals surface area contributed by atoms with Gasteiger partial charge in [-0.1, -0.05) is 0 Å². The van der Waals surface area contributed by atoms with Gasteiger partial charge in [-0.2, -0.15) is 5.10 Å². The lowest BCUT2D eigenvalue weighted by molar-refractivity contribution is -0.135. The summed E-state index contributed by atoms with van der Waals surface area (Å²) in [6, 6.07) is 0. The Morgan fingerprint density at radius 2 is 2.00 bits per heavy atom. The predicted octanol–water partition coefficient (Wildman–Crippen LogP) is -2.19. The van der Waals surface area contributed by atoms with E-state index in [1.807, 2.05) is 0 Å². The van der Waals surface area contributed by atoms with Gasteiger partial charge >= 0.3 is 5.97 Å². The van der Waals surface area contributed by atoms with Crippen molar-refractivity contribution in [3.63, 3.8) is 0 Å². The molecule has 7 nitrogen and oxygen atoms in total. The summed E-state index contributed by atoms with van der Waals surface area (Å²) in [5, 5.41) is 11.6. The molecule has 12 heavy (non-hydrogen) atoms. The normalized spacial score (nSPS) is 10.8. The van der Waals surface area contributed by atoms with Crippen molar-refractivity contribution in [3.8, 4) is 0 Å². The molecule has 6 N–H and O–H groups in total. The van der Waals surface area contributed by atoms with Gasteiger partial charge in [0.05, 0.1) is 0 Å². The number of carboxylic acid groups (broad SMARTS) is 1. The van der Waals surface area contributed by atoms with Gasteiger partial charge in [0.1, 0.15) is 18.8 Å². The Balaban J connectivity index is 3.69. The summed E-state index contributed by atoms with van der Waals surface area (Å²) in [7, 11) is 0. The average Bonchev–Trinajstić information content (AvgIpc) is 1.84. The lowest BCUT2D eigenvalue weighted by Crippen LogP contribution is -2.28. The van der Waals surface area contributed by atoms with E-state index in [2.05, 4.69) is 10.5 Å². The molecule has 0 radical (unpaired) electrons. The molecule has 0 aliphatic carbocycles. The van der Waals surface area contributed by atoms with Crippen molar-refractivity contribution in [2.75, 3.05) is 6.54 Å². The van der Waals surface area contributed by atoms with Crippen LogP contribution in [-0.2, 0) is 9.59 Å². The van der Waals surface area contributed by atoms with Crippen LogP contribution in [0, 0.1) is 0 Å². The lowest BCUT2D eigenvalue weighted by Gasteiger charge is -1.97. The molecule has 0 fully saturated rings. The second-order valence-corrected chi connectivity index (χ2v) is 1.97. The number of hydrogen-bond donors (Lipinski definition) is 4. The molecule has 0 saturated heterocycles. The molecular weight excluding hydrogens is 164 g/mol. The maximum atomic E-state index is 10.1. The van der Waals surface area contributed by atoms with Gasteiger partial charge < -0.3 is 16.6 Å². The number of amidine groups is 1. The summed E-state index contributed by atoms with van der Waals surface area (Å²) >= 11 is 0. The molecule has 0 bridgehead atoms. The summed E-state index contributed by atoms with van der Waals surface area (Å²) < 4.78 is 0. The van der Waals surface area contributed by atoms with E-state index >= 15 is 0 Å². The van der Waals surface area contributed by atoms with E-state index < -0.39 is 11.9 Å². The first-order valence-electron chi connectivity index (χ1n) is 3.07. The largest absolute Gasteiger partial charge is 0.481 e. The van der Waals surface area contributed by atoms with Crippen molar-refractivity contribution in [2.24, 2.45) is 16.6 Å². The van der Waals surface area contributed by atoms with Crippen molar-refractivity contribution in [2.45, 2.75) is 6.42 Å². The van der Waals surface area contributed by atoms with Crippen molar-refractivity contribution >= 4 is 17.7 Å². The number of nitrogens with zero attached hydrogens (tertiary/aromatic N) is 1. The van der Waals surface area contributed by atoms with Gasteiger partial charge in [0, 0.05) is 0 Å². The van der Waals surface area contributed by atoms with Crippen LogP contribution in [0.2, 0.25) is 0 Å². The van der Waals surface area contributed by atoms with E-state index in [0.29, 0.717) is 0 Å². The zero-order valence-corrected chi connectivity index (χ0v) is 6.28. The molecule has 68 valence electrons. The first-order valence-corrected chi connectivity index (χ1v) is 3.07. The van der Waals surface area contributed by atoms with Crippen LogP contribution in [0.25, 0.3) is 0 Å². The highest BCUT2D eigenvalue weighted by Crippen LogP contribution is 1.77. The highest BCUT2D eigenvalue weighted by Gasteiger charge is 2.00. The number of hydrogen-bond acceptors (Lipinski definition) is 4. The van der Waals surface area contributed by atoms with E-state index in [-0.39, 0.29) is 18.8 Å². The minimum absolute atomic E-state index is 0.108. The van der Waals surface area contributed by atoms with Crippen LogP contribution in [0.1, 0.15) is 6.42 Å². The molecule has 1 amide bonds. The van der Waals surface area contributed by atoms with E-state index in [1.165, 1.54) is 0 Å². The van der Waals surface area contributed by atoms with Gasteiger partial charge in [0.15, 0.2) is 0 Å². The van der Waals surface area contributed by atoms with Gasteiger partial charge in [-0.05, 0) is 0 Å². The Morgan fingerprint density at radius 3 is 2.42 bits per heavy atom. The van der Waals surface area contributed by atoms with Gasteiger partial charge in [-0.25, -0.2) is 0 Å². The van der Waals surface area contributed by atoms with Gasteiger partial charge in [0.2, 0.25) is 5.91 Å². The van der Waals surface area contributed by atoms with E-state index in [1.54, 1.807) is 0 Å². The van der Waals surface area contributed by atoms with Crippen LogP contribution in [0.3, 0.4) is 0 Å². The number of amides is 1. The number of aliphatic carboxylic acids is 1. The number of carboxylic acids is 1. The summed E-state index contributed by atoms with van der Waals surface area (Å²) in [5.41, 5.74) is 12.1. The highest BCUT2D eigenvalue weighted by atomic mass is 16.4. The smallest absolute Gasteiger partial charge is 0.311 e. The fourth-order valence-electron chi connectivity index (χ4n) is 0.413. The fraction of sp³-hybridized carbons (Fsp3) is 0.400. The lowest BCUT2D eigenvalue weighted by atomic mass is 10.4. The SMILES string of the molecule is NC(=O)CNN=C(N)CC(=O)O. The zero-order chi connectivity index (χ0) is 9.56. The maximum absolute atomic E-state index is 10.1. The number of nitrogens with two attached hydrogens (primary N) is 2. The second kappa shape index (κ2) is 4.94. The van der Waals surface area contributed by atoms with Crippen molar-refractivity contribution < 1.29 is 14.7 Å². The summed E-state index contributed by atoms with van der Waals surface area (Å²) in [4.78, 5) is 20.2. The zero-order valence-electron chi connectivity index (χ0n) is 6.28. The van der Waals surface area contributed by atoms with Gasteiger partial charge in [-0.15, -0.1) is 0 Å². The Morgan fingerprint density at radius 1 is 1.42 bits per heavy atom. The van der Waals surface area contributed by atoms with Gasteiger partial charge in [0.25, 0.3) is 0 Å². The maximum Gasteiger partial charge on any atom is 0.311 e. The highest BCUT2D eigenvalue weighted by molar-refractivity contribution is 5.95. The molecule has 0 aromatic heterocycles. The second-order valence-electron chi connectivity index (χ2n) is 1.97. The van der Waals surface area contributed by atoms with Crippen LogP contribution < -0.4 is 16.9 Å². The van der Waals surface area contributed by atoms with E-state index in [4.69, 9.17) is 16.6 Å². The first kappa shape index (κ1) is 10.2. The Bertz CT molecular complexity index is 213. The molecule has 0 aromatic rings. The first-order chi connectivity index (χ1) is 5.52. The minimum atomic E-state index is -1.09. The van der Waals surface area contributed by atoms with Crippen molar-refractivity contribution in [3.05, 3.63) is 0 Å². The predicted molar refractivity (Wildman–Crippen MR) is 41.1 cm³/mol. The molecule has 0 saturated carbocycles. The Hall–Kier alpha value is -1.79. The number of rotatable bonds is 5. The monoisotopic (exact) mass is 174 g/mol. The molecule has 0 unspecified atom stereocenters. The topological polar surface area (TPSA) is 131 Å². The number of primary amides is 1. The van der Waals surface area contributed by atoms with E-state index in [9.17, 15) is 9.59 Å². The molecular formula is C5H10N4O3. The van der Waals surface area contributed by atoms with E-state index in [0.717, 1.165) is 0 Å². The third-order valence-electron chi connectivity index (χ3n) is 0.808. The van der Waals surface area contributed by atoms with Gasteiger partial charge in [-0.3, -0.25) is 15.0 Å². The van der Waals surface area contributed by atoms with Crippen LogP contribution >= 0.6 is 0 Å². The van der Waals surface area contributed by atoms with Crippen LogP contribution in [0.5, 0.6) is 0 Å². The van der Waals surface area contributed by atoms with Crippen molar-refractivity contribution in [1.82, 2.24) is 5.43 Å². The summed E-state index contributed by atoms with van der Waals surface area (Å²) in [5.74, 6) is -1.79. The molecule has 0 aliphatic heterocycles. The average molecular weight is 174 g/mol. The summed E-state index contributed by atoms with van der Waals surface area (Å²) in [6.07, 6.45) is -0.369. The standard InChI is InChI=1S/C5H10N4O3/c6-3(1-5(11)12)9-8-2-4(7)10/h8H,1-2H2,(H2,6,9)(H2,7,10)(H,11,12). The van der Waals surface area contributed by atoms with Crippen molar-refractivity contribution in [1.29, 1.82) is 0 Å². The minimum Gasteiger partial charge on any atom is -0.481 e. The molecule has 7 heteroatoms. The summed E-state index contributed by atoms with van der Waals surface area (Å²) in [6.45, 7) is -0.166. The molecule has 0 rings (SSSR count). The number of hydrazone groups is 1. The number of nitrogens with one attached hydrogen (secondary N) is 1. The Labute approximate surface area is 68.4 Å². The third kappa shape index (κ3) is 6.33. The van der Waals surface area contributed by atoms with Crippen LogP contribution in [-0.4, -0.2) is 29.4 Å².